The molecule has 0 saturated heterocycles. The number of hydrogen-bond donors (Lipinski definition) is 2. The first-order chi connectivity index (χ1) is 6.18. The molecule has 0 radical (unpaired) electrons. The third-order valence-corrected chi connectivity index (χ3v) is 2.67. The first kappa shape index (κ1) is 8.26. The molecule has 0 fully saturated rings. The van der Waals surface area contributed by atoms with E-state index in [4.69, 9.17) is 0 Å². The number of para-hydroxylation sites is 1. The molecule has 0 aliphatic carbocycles. The number of hydrogen-bond acceptors (Lipinski definition) is 2. The van der Waals surface area contributed by atoms with Crippen molar-refractivity contribution < 1.29 is 4.79 Å². The Labute approximate surface area is 77.1 Å². The van der Waals surface area contributed by atoms with Crippen molar-refractivity contribution in [1.82, 2.24) is 5.32 Å². The Balaban J connectivity index is 2.59. The van der Waals surface area contributed by atoms with E-state index in [9.17, 15) is 4.79 Å². The fraction of sp³-hybridized carbons (Fsp3) is 0.300. The minimum Gasteiger partial charge on any atom is -0.324 e. The molecule has 0 bridgehead atoms. The van der Waals surface area contributed by atoms with Crippen molar-refractivity contribution in [3.63, 3.8) is 0 Å². The summed E-state index contributed by atoms with van der Waals surface area (Å²) < 4.78 is 0. The van der Waals surface area contributed by atoms with Crippen LogP contribution >= 0.6 is 0 Å². The number of anilines is 1. The van der Waals surface area contributed by atoms with E-state index in [2.05, 4.69) is 10.6 Å². The molecule has 0 spiro atoms. The van der Waals surface area contributed by atoms with Gasteiger partial charge in [-0.3, -0.25) is 4.79 Å². The van der Waals surface area contributed by atoms with E-state index in [1.165, 1.54) is 0 Å². The molecule has 1 unspecified atom stereocenters. The van der Waals surface area contributed by atoms with Crippen molar-refractivity contribution in [1.29, 1.82) is 0 Å². The molecule has 2 N–H and O–H groups in total. The van der Waals surface area contributed by atoms with Crippen LogP contribution in [0, 0.1) is 0 Å². The zero-order valence-corrected chi connectivity index (χ0v) is 7.72. The van der Waals surface area contributed by atoms with Gasteiger partial charge in [-0.1, -0.05) is 18.2 Å². The predicted molar refractivity (Wildman–Crippen MR) is 51.5 cm³/mol. The Kier molecular flexibility index (Phi) is 1.63. The highest BCUT2D eigenvalue weighted by atomic mass is 16.2. The van der Waals surface area contributed by atoms with E-state index in [0.717, 1.165) is 11.3 Å². The Morgan fingerprint density at radius 2 is 2.08 bits per heavy atom. The number of carbonyl (C=O) groups is 1. The lowest BCUT2D eigenvalue weighted by Crippen LogP contribution is -2.43. The number of carbonyl (C=O) groups excluding carboxylic acids is 1. The molecule has 3 nitrogen and oxygen atoms in total. The van der Waals surface area contributed by atoms with E-state index in [-0.39, 0.29) is 5.91 Å². The van der Waals surface area contributed by atoms with E-state index < -0.39 is 5.54 Å². The summed E-state index contributed by atoms with van der Waals surface area (Å²) in [4.78, 5) is 11.6. The molecule has 2 rings (SSSR count). The quantitative estimate of drug-likeness (QED) is 0.672. The van der Waals surface area contributed by atoms with Gasteiger partial charge in [-0.25, -0.2) is 0 Å². The highest BCUT2D eigenvalue weighted by Gasteiger charge is 2.40. The fourth-order valence-electron chi connectivity index (χ4n) is 1.65. The topological polar surface area (TPSA) is 41.1 Å². The second-order valence-electron chi connectivity index (χ2n) is 3.37. The maximum atomic E-state index is 11.6. The monoisotopic (exact) mass is 176 g/mol. The molecule has 68 valence electrons. The van der Waals surface area contributed by atoms with Crippen LogP contribution in [0.15, 0.2) is 24.3 Å². The first-order valence-electron chi connectivity index (χ1n) is 4.28. The summed E-state index contributed by atoms with van der Waals surface area (Å²) in [7, 11) is 1.79. The minimum atomic E-state index is -0.573. The van der Waals surface area contributed by atoms with Gasteiger partial charge in [0.2, 0.25) is 5.91 Å². The van der Waals surface area contributed by atoms with E-state index in [0.29, 0.717) is 0 Å². The smallest absolute Gasteiger partial charge is 0.249 e. The summed E-state index contributed by atoms with van der Waals surface area (Å²) >= 11 is 0. The third-order valence-electron chi connectivity index (χ3n) is 2.67. The van der Waals surface area contributed by atoms with Crippen LogP contribution in [0.1, 0.15) is 12.5 Å². The lowest BCUT2D eigenvalue weighted by atomic mass is 9.94. The average molecular weight is 176 g/mol. The summed E-state index contributed by atoms with van der Waals surface area (Å²) in [5.74, 6) is 0.0104. The second-order valence-corrected chi connectivity index (χ2v) is 3.37. The standard InChI is InChI=1S/C10H12N2O/c1-10(11-2)7-5-3-4-6-8(7)12-9(10)13/h3-6,11H,1-2H3,(H,12,13). The largest absolute Gasteiger partial charge is 0.324 e. The third kappa shape index (κ3) is 0.971. The summed E-state index contributed by atoms with van der Waals surface area (Å²) in [6.07, 6.45) is 0. The molecule has 0 saturated carbocycles. The van der Waals surface area contributed by atoms with Gasteiger partial charge in [0, 0.05) is 11.3 Å². The zero-order valence-electron chi connectivity index (χ0n) is 7.72. The van der Waals surface area contributed by atoms with Crippen molar-refractivity contribution in [2.24, 2.45) is 0 Å². The predicted octanol–water partition coefficient (Wildman–Crippen LogP) is 1.07. The van der Waals surface area contributed by atoms with Crippen LogP contribution in [0.2, 0.25) is 0 Å². The minimum absolute atomic E-state index is 0.0104. The Bertz CT molecular complexity index is 362. The molecule has 1 atom stereocenters. The molecule has 1 amide bonds. The normalized spacial score (nSPS) is 25.5. The molecule has 1 aromatic carbocycles. The van der Waals surface area contributed by atoms with Gasteiger partial charge < -0.3 is 10.6 Å². The van der Waals surface area contributed by atoms with E-state index >= 15 is 0 Å². The summed E-state index contributed by atoms with van der Waals surface area (Å²) in [6, 6.07) is 7.73. The van der Waals surface area contributed by atoms with Crippen molar-refractivity contribution in [3.05, 3.63) is 29.8 Å². The van der Waals surface area contributed by atoms with Crippen molar-refractivity contribution in [2.75, 3.05) is 12.4 Å². The van der Waals surface area contributed by atoms with Crippen molar-refractivity contribution in [2.45, 2.75) is 12.5 Å². The number of likely N-dealkylation sites (N-methyl/N-ethyl adjacent to an activating group) is 1. The fourth-order valence-corrected chi connectivity index (χ4v) is 1.65. The zero-order chi connectivity index (χ0) is 9.47. The van der Waals surface area contributed by atoms with Gasteiger partial charge in [0.1, 0.15) is 5.54 Å². The lowest BCUT2D eigenvalue weighted by Gasteiger charge is -2.20. The van der Waals surface area contributed by atoms with Gasteiger partial charge in [-0.2, -0.15) is 0 Å². The molecule has 1 aromatic rings. The van der Waals surface area contributed by atoms with Gasteiger partial charge in [-0.15, -0.1) is 0 Å². The van der Waals surface area contributed by atoms with Crippen LogP contribution in [-0.4, -0.2) is 13.0 Å². The van der Waals surface area contributed by atoms with Crippen LogP contribution in [0.4, 0.5) is 5.69 Å². The number of benzene rings is 1. The molecule has 1 aliphatic rings. The van der Waals surface area contributed by atoms with Crippen molar-refractivity contribution >= 4 is 11.6 Å². The summed E-state index contributed by atoms with van der Waals surface area (Å²) in [6.45, 7) is 1.88. The van der Waals surface area contributed by atoms with Gasteiger partial charge >= 0.3 is 0 Å². The molecule has 1 aliphatic heterocycles. The molecule has 3 heteroatoms. The Morgan fingerprint density at radius 1 is 1.38 bits per heavy atom. The number of rotatable bonds is 1. The summed E-state index contributed by atoms with van der Waals surface area (Å²) in [5.41, 5.74) is 1.35. The molecule has 13 heavy (non-hydrogen) atoms. The van der Waals surface area contributed by atoms with Crippen molar-refractivity contribution in [3.8, 4) is 0 Å². The number of amides is 1. The maximum absolute atomic E-state index is 11.6. The van der Waals surface area contributed by atoms with Gasteiger partial charge in [-0.05, 0) is 20.0 Å². The molecular weight excluding hydrogens is 164 g/mol. The van der Waals surface area contributed by atoms with Gasteiger partial charge in [0.15, 0.2) is 0 Å². The maximum Gasteiger partial charge on any atom is 0.249 e. The van der Waals surface area contributed by atoms with Crippen LogP contribution in [0.25, 0.3) is 0 Å². The van der Waals surface area contributed by atoms with Crippen LogP contribution < -0.4 is 10.6 Å². The van der Waals surface area contributed by atoms with Crippen LogP contribution in [-0.2, 0) is 10.3 Å². The molecular formula is C10H12N2O. The van der Waals surface area contributed by atoms with E-state index in [1.54, 1.807) is 7.05 Å². The average Bonchev–Trinajstić information content (AvgIpc) is 2.41. The Hall–Kier alpha value is -1.35. The van der Waals surface area contributed by atoms with E-state index in [1.807, 2.05) is 31.2 Å². The molecule has 0 aromatic heterocycles. The highest BCUT2D eigenvalue weighted by Crippen LogP contribution is 2.34. The SMILES string of the molecule is CNC1(C)C(=O)Nc2ccccc21. The van der Waals surface area contributed by atoms with Gasteiger partial charge in [0.25, 0.3) is 0 Å². The lowest BCUT2D eigenvalue weighted by molar-refractivity contribution is -0.121. The Morgan fingerprint density at radius 3 is 2.77 bits per heavy atom. The van der Waals surface area contributed by atoms with Crippen LogP contribution in [0.3, 0.4) is 0 Å². The highest BCUT2D eigenvalue weighted by molar-refractivity contribution is 6.05. The summed E-state index contributed by atoms with van der Waals surface area (Å²) in [5, 5.41) is 5.87. The first-order valence-corrected chi connectivity index (χ1v) is 4.28. The number of fused-ring (bicyclic) bond motifs is 1. The van der Waals surface area contributed by atoms with Gasteiger partial charge in [0.05, 0.1) is 0 Å². The second kappa shape index (κ2) is 2.57. The number of nitrogens with one attached hydrogen (secondary N) is 2. The van der Waals surface area contributed by atoms with Crippen LogP contribution in [0.5, 0.6) is 0 Å². The molecule has 1 heterocycles.